The van der Waals surface area contributed by atoms with Gasteiger partial charge >= 0.3 is 17.9 Å². The van der Waals surface area contributed by atoms with Gasteiger partial charge in [-0.15, -0.1) is 0 Å². The number of carbonyl (C=O) groups excluding carboxylic acids is 2. The van der Waals surface area contributed by atoms with Crippen LogP contribution in [0.3, 0.4) is 0 Å². The smallest absolute Gasteiger partial charge is 0.361 e. The second-order valence-corrected chi connectivity index (χ2v) is 26.6. The molecule has 0 radical (unpaired) electrons. The van der Waals surface area contributed by atoms with Gasteiger partial charge in [-0.1, -0.05) is 327 Å². The molecule has 0 aliphatic rings. The molecule has 572 valence electrons. The molecule has 0 fully saturated rings. The lowest BCUT2D eigenvalue weighted by Gasteiger charge is -2.25. The Hall–Kier alpha value is -7.17. The predicted octanol–water partition coefficient (Wildman–Crippen LogP) is 26.1. The van der Waals surface area contributed by atoms with E-state index in [-0.39, 0.29) is 38.6 Å². The number of quaternary nitrogens is 1. The van der Waals surface area contributed by atoms with Crippen molar-refractivity contribution >= 4 is 17.9 Å². The molecule has 0 bridgehead atoms. The molecule has 0 aliphatic carbocycles. The van der Waals surface area contributed by atoms with Gasteiger partial charge < -0.3 is 28.5 Å². The number of allylic oxidation sites excluding steroid dienone is 42. The maximum absolute atomic E-state index is 13.0. The number of carboxylic acids is 1. The van der Waals surface area contributed by atoms with Gasteiger partial charge in [0.15, 0.2) is 6.10 Å². The van der Waals surface area contributed by atoms with Gasteiger partial charge in [-0.3, -0.25) is 9.59 Å². The summed E-state index contributed by atoms with van der Waals surface area (Å²) in [6.07, 6.45) is 128. The Bertz CT molecular complexity index is 2660. The minimum atomic E-state index is -1.54. The first kappa shape index (κ1) is 95.8. The van der Waals surface area contributed by atoms with E-state index in [0.717, 1.165) is 186 Å². The standard InChI is InChI=1S/C94H143NO8/c1-6-8-10-12-14-16-18-20-22-24-26-28-30-32-34-36-38-40-42-44-45-46-47-49-50-52-54-56-58-60-62-64-66-68-70-72-74-76-78-80-82-84-91(96)101-88-90(89-102-94(93(98)99)100-87-86-95(3,4)5)103-92(97)85-83-81-79-77-75-73-71-69-67-65-63-61-59-57-55-53-51-48-43-41-39-37-35-33-31-29-27-25-23-21-19-17-15-13-11-9-7-2/h8-11,14-17,20-23,26-29,32-35,38-41,44-45,47-49,51-52,54-55,57-58,60-61,63,67,69,73,75,90,94H,6-7,12-13,18-19,24-25,30-31,36-37,42-43,46,50,53,56,59,62,64-66,68,70-72,74,76-89H2,1-5H3/p+1/b10-8-,11-9-,16-14-,17-15-,22-20-,23-21-,28-26-,29-27-,34-32-,35-33-,40-38-,41-39-,45-44-,49-47-,51-48-,54-52-,57-55-,60-58-,63-61-,69-67-,75-73-. The second kappa shape index (κ2) is 80.5. The topological polar surface area (TPSA) is 108 Å². The van der Waals surface area contributed by atoms with E-state index in [1.54, 1.807) is 0 Å². The Kier molecular flexibility index (Phi) is 74.9. The molecule has 0 aromatic rings. The van der Waals surface area contributed by atoms with Crippen LogP contribution in [-0.2, 0) is 33.3 Å². The number of carbonyl (C=O) groups is 3. The molecule has 0 rings (SSSR count). The Morgan fingerprint density at radius 1 is 0.291 bits per heavy atom. The van der Waals surface area contributed by atoms with Gasteiger partial charge in [-0.25, -0.2) is 4.79 Å². The Morgan fingerprint density at radius 2 is 0.524 bits per heavy atom. The molecule has 0 heterocycles. The number of hydrogen-bond acceptors (Lipinski definition) is 7. The lowest BCUT2D eigenvalue weighted by Crippen LogP contribution is -2.40. The van der Waals surface area contributed by atoms with Crippen LogP contribution in [0.15, 0.2) is 255 Å². The molecule has 9 heteroatoms. The van der Waals surface area contributed by atoms with Gasteiger partial charge in [-0.2, -0.15) is 0 Å². The third-order valence-electron chi connectivity index (χ3n) is 15.8. The minimum Gasteiger partial charge on any atom is -0.477 e. The summed E-state index contributed by atoms with van der Waals surface area (Å²) in [7, 11) is 5.95. The van der Waals surface area contributed by atoms with Gasteiger partial charge in [0.1, 0.15) is 13.2 Å². The number of likely N-dealkylation sites (N-methyl/N-ethyl adjacent to an activating group) is 1. The fraction of sp³-hybridized carbons (Fsp3) is 0.521. The Labute approximate surface area is 630 Å². The van der Waals surface area contributed by atoms with Crippen molar-refractivity contribution in [3.05, 3.63) is 255 Å². The van der Waals surface area contributed by atoms with Crippen molar-refractivity contribution in [3.8, 4) is 0 Å². The van der Waals surface area contributed by atoms with Crippen LogP contribution in [0.4, 0.5) is 0 Å². The molecule has 0 amide bonds. The minimum absolute atomic E-state index is 0.166. The highest BCUT2D eigenvalue weighted by atomic mass is 16.7. The number of hydrogen-bond donors (Lipinski definition) is 1. The largest absolute Gasteiger partial charge is 0.477 e. The van der Waals surface area contributed by atoms with Crippen molar-refractivity contribution in [2.75, 3.05) is 47.5 Å². The van der Waals surface area contributed by atoms with Crippen LogP contribution in [0.1, 0.15) is 258 Å². The predicted molar refractivity (Wildman–Crippen MR) is 446 cm³/mol. The molecule has 0 saturated heterocycles. The fourth-order valence-corrected chi connectivity index (χ4v) is 9.81. The highest BCUT2D eigenvalue weighted by Crippen LogP contribution is 2.15. The van der Waals surface area contributed by atoms with E-state index in [0.29, 0.717) is 17.4 Å². The second-order valence-electron chi connectivity index (χ2n) is 26.6. The lowest BCUT2D eigenvalue weighted by atomic mass is 10.1. The summed E-state index contributed by atoms with van der Waals surface area (Å²) in [5.41, 5.74) is 0. The first-order chi connectivity index (χ1) is 50.6. The summed E-state index contributed by atoms with van der Waals surface area (Å²) in [6, 6.07) is 0. The monoisotopic (exact) mass is 1420 g/mol. The molecule has 0 aliphatic heterocycles. The number of rotatable bonds is 70. The summed E-state index contributed by atoms with van der Waals surface area (Å²) in [4.78, 5) is 37.7. The normalized spacial score (nSPS) is 14.1. The van der Waals surface area contributed by atoms with E-state index in [1.165, 1.54) is 38.5 Å². The SMILES string of the molecule is CC/C=C\C/C=C\C/C=C\C/C=C\C/C=C\C/C=C\C/C=C\C/C=C\C/C=C\C/C=C\C/C=C\CCCCCC(=O)OC(COC(=O)CCCCCCCCCCCC/C=C\C/C=C\C/C=C\C/C=C\C/C=C\C/C=C\C/C=C\C/C=C\C/C=C\C/C=C\CC)COC(OCC[N+](C)(C)C)C(=O)O. The van der Waals surface area contributed by atoms with Crippen LogP contribution in [0, 0.1) is 0 Å². The number of carboxylic acid groups (broad SMARTS) is 1. The number of esters is 2. The fourth-order valence-electron chi connectivity index (χ4n) is 9.81. The van der Waals surface area contributed by atoms with Crippen LogP contribution in [0.5, 0.6) is 0 Å². The van der Waals surface area contributed by atoms with Crippen LogP contribution in [-0.4, -0.2) is 87.4 Å². The quantitative estimate of drug-likeness (QED) is 0.0211. The number of unbranched alkanes of at least 4 members (excludes halogenated alkanes) is 13. The highest BCUT2D eigenvalue weighted by molar-refractivity contribution is 5.71. The highest BCUT2D eigenvalue weighted by Gasteiger charge is 2.25. The molecule has 0 saturated carbocycles. The Balaban J connectivity index is 4.23. The molecule has 0 aromatic heterocycles. The van der Waals surface area contributed by atoms with Crippen molar-refractivity contribution in [2.24, 2.45) is 0 Å². The van der Waals surface area contributed by atoms with Crippen molar-refractivity contribution < 1.29 is 42.9 Å². The Morgan fingerprint density at radius 3 is 0.786 bits per heavy atom. The van der Waals surface area contributed by atoms with E-state index in [2.05, 4.69) is 269 Å². The summed E-state index contributed by atoms with van der Waals surface area (Å²) < 4.78 is 23.0. The van der Waals surface area contributed by atoms with Gasteiger partial charge in [0.05, 0.1) is 34.4 Å². The van der Waals surface area contributed by atoms with E-state index >= 15 is 0 Å². The van der Waals surface area contributed by atoms with E-state index in [1.807, 2.05) is 21.1 Å². The van der Waals surface area contributed by atoms with E-state index < -0.39 is 24.3 Å². The third kappa shape index (κ3) is 82.0. The van der Waals surface area contributed by atoms with Gasteiger partial charge in [0, 0.05) is 12.8 Å². The molecule has 1 N–H and O–H groups in total. The van der Waals surface area contributed by atoms with Crippen LogP contribution < -0.4 is 0 Å². The van der Waals surface area contributed by atoms with Crippen molar-refractivity contribution in [1.29, 1.82) is 0 Å². The molecule has 103 heavy (non-hydrogen) atoms. The number of nitrogens with zero attached hydrogens (tertiary/aromatic N) is 1. The first-order valence-corrected chi connectivity index (χ1v) is 39.8. The van der Waals surface area contributed by atoms with Gasteiger partial charge in [0.2, 0.25) is 0 Å². The summed E-state index contributed by atoms with van der Waals surface area (Å²) in [5, 5.41) is 9.77. The summed E-state index contributed by atoms with van der Waals surface area (Å²) in [5.74, 6) is -2.08. The van der Waals surface area contributed by atoms with Crippen molar-refractivity contribution in [1.82, 2.24) is 0 Å². The van der Waals surface area contributed by atoms with E-state index in [4.69, 9.17) is 18.9 Å². The van der Waals surface area contributed by atoms with Gasteiger partial charge in [-0.05, 0) is 173 Å². The zero-order valence-corrected chi connectivity index (χ0v) is 65.4. The van der Waals surface area contributed by atoms with Crippen LogP contribution in [0.2, 0.25) is 0 Å². The lowest BCUT2D eigenvalue weighted by molar-refractivity contribution is -0.870. The molecule has 0 aromatic carbocycles. The average molecular weight is 1420 g/mol. The molecular weight excluding hydrogens is 1270 g/mol. The molecule has 0 spiro atoms. The molecular formula is C94H144NO8+. The number of aliphatic carboxylic acids is 1. The van der Waals surface area contributed by atoms with Crippen LogP contribution in [0.25, 0.3) is 0 Å². The molecule has 2 unspecified atom stereocenters. The third-order valence-corrected chi connectivity index (χ3v) is 15.8. The van der Waals surface area contributed by atoms with Crippen LogP contribution >= 0.6 is 0 Å². The van der Waals surface area contributed by atoms with Gasteiger partial charge in [0.25, 0.3) is 6.29 Å². The summed E-state index contributed by atoms with van der Waals surface area (Å²) >= 11 is 0. The maximum Gasteiger partial charge on any atom is 0.361 e. The van der Waals surface area contributed by atoms with Crippen molar-refractivity contribution in [2.45, 2.75) is 270 Å². The zero-order chi connectivity index (χ0) is 74.6. The molecule has 2 atom stereocenters. The van der Waals surface area contributed by atoms with E-state index in [9.17, 15) is 19.5 Å². The summed E-state index contributed by atoms with van der Waals surface area (Å²) in [6.45, 7) is 4.57. The maximum atomic E-state index is 13.0. The van der Waals surface area contributed by atoms with Crippen molar-refractivity contribution in [3.63, 3.8) is 0 Å². The average Bonchev–Trinajstić information content (AvgIpc) is 1.16. The first-order valence-electron chi connectivity index (χ1n) is 39.8. The zero-order valence-electron chi connectivity index (χ0n) is 65.4. The number of ether oxygens (including phenoxy) is 4. The molecule has 9 nitrogen and oxygen atoms in total.